The normalized spacial score (nSPS) is 9.43. The van der Waals surface area contributed by atoms with Crippen molar-refractivity contribution in [1.29, 1.82) is 0 Å². The summed E-state index contributed by atoms with van der Waals surface area (Å²) in [4.78, 5) is 0. The third kappa shape index (κ3) is 7.99. The Balaban J connectivity index is 0.000000220. The summed E-state index contributed by atoms with van der Waals surface area (Å²) in [5.41, 5.74) is 5.51. The van der Waals surface area contributed by atoms with Crippen LogP contribution < -0.4 is 0 Å². The van der Waals surface area contributed by atoms with Gasteiger partial charge in [-0.05, 0) is 27.7 Å². The second-order valence-electron chi connectivity index (χ2n) is 6.75. The van der Waals surface area contributed by atoms with Crippen LogP contribution in [-0.4, -0.2) is 9.52 Å². The fourth-order valence-electron chi connectivity index (χ4n) is 2.81. The first-order chi connectivity index (χ1) is 13.4. The van der Waals surface area contributed by atoms with E-state index < -0.39 is 20.8 Å². The fraction of sp³-hybridized carbons (Fsp3) is 0.250. The number of halogens is 2. The van der Waals surface area contributed by atoms with Crippen molar-refractivity contribution < 1.29 is 20.8 Å². The Morgan fingerprint density at radius 2 is 0.964 bits per heavy atom. The van der Waals surface area contributed by atoms with Crippen molar-refractivity contribution in [3.63, 3.8) is 0 Å². The van der Waals surface area contributed by atoms with Gasteiger partial charge in [0.1, 0.15) is 0 Å². The van der Waals surface area contributed by atoms with Crippen molar-refractivity contribution in [3.05, 3.63) is 82.9 Å². The zero-order valence-electron chi connectivity index (χ0n) is 17.5. The van der Waals surface area contributed by atoms with Crippen LogP contribution in [0.15, 0.2) is 60.7 Å². The van der Waals surface area contributed by atoms with E-state index in [-0.39, 0.29) is 0 Å². The summed E-state index contributed by atoms with van der Waals surface area (Å²) in [7, 11) is 11.0. The topological polar surface area (TPSA) is 0 Å². The van der Waals surface area contributed by atoms with Crippen molar-refractivity contribution >= 4 is 48.1 Å². The van der Waals surface area contributed by atoms with Gasteiger partial charge in [0.05, 0.1) is 0 Å². The van der Waals surface area contributed by atoms with Crippen molar-refractivity contribution in [3.8, 4) is 0 Å². The Hall–Kier alpha value is -0.660. The van der Waals surface area contributed by atoms with Crippen LogP contribution in [0.2, 0.25) is 13.1 Å². The molecule has 2 radical (unpaired) electrons. The fourth-order valence-corrected chi connectivity index (χ4v) is 2.81. The summed E-state index contributed by atoms with van der Waals surface area (Å²) >= 11 is -0.826. The maximum absolute atomic E-state index is 4.93. The third-order valence-electron chi connectivity index (χ3n) is 4.50. The van der Waals surface area contributed by atoms with Gasteiger partial charge in [-0.15, -0.1) is 57.9 Å². The molecule has 4 heteroatoms. The first kappa shape index (κ1) is 25.4. The molecule has 0 amide bonds. The van der Waals surface area contributed by atoms with Gasteiger partial charge in [0, 0.05) is 9.52 Å². The average Bonchev–Trinajstić information content (AvgIpc) is 3.27. The van der Waals surface area contributed by atoms with Gasteiger partial charge >= 0.3 is 37.9 Å². The standard InChI is InChI=1S/2C11H11.C2H6Si.2ClH.Zr/c2*1-8-6-10-4-3-5-11(10)7-9(8)2;1-3-2;;;/h2*3-7H,1-2H3;1-2H3;2*1H;/q2*-1;;;;+4/p-2. The molecule has 0 saturated heterocycles. The van der Waals surface area contributed by atoms with Crippen LogP contribution in [-0.2, 0) is 20.8 Å². The van der Waals surface area contributed by atoms with Crippen LogP contribution in [0.25, 0.3) is 21.5 Å². The molecule has 0 aliphatic rings. The Kier molecular flexibility index (Phi) is 12.3. The molecule has 0 fully saturated rings. The number of rotatable bonds is 0. The average molecular weight is 507 g/mol. The van der Waals surface area contributed by atoms with Crippen molar-refractivity contribution in [1.82, 2.24) is 0 Å². The van der Waals surface area contributed by atoms with Crippen LogP contribution in [0.4, 0.5) is 0 Å². The molecular formula is C24H28Cl2SiZr. The molecule has 0 aliphatic heterocycles. The Morgan fingerprint density at radius 1 is 0.679 bits per heavy atom. The molecule has 0 N–H and O–H groups in total. The van der Waals surface area contributed by atoms with Gasteiger partial charge in [0.2, 0.25) is 0 Å². The van der Waals surface area contributed by atoms with Crippen LogP contribution in [0.3, 0.4) is 0 Å². The molecule has 0 aliphatic carbocycles. The molecule has 4 aromatic carbocycles. The summed E-state index contributed by atoms with van der Waals surface area (Å²) in [6.45, 7) is 12.9. The van der Waals surface area contributed by atoms with Crippen LogP contribution in [0.5, 0.6) is 0 Å². The predicted molar refractivity (Wildman–Crippen MR) is 127 cm³/mol. The van der Waals surface area contributed by atoms with Gasteiger partial charge in [0.25, 0.3) is 0 Å². The number of hydrogen-bond acceptors (Lipinski definition) is 0. The number of fused-ring (bicyclic) bond motifs is 2. The van der Waals surface area contributed by atoms with E-state index in [9.17, 15) is 0 Å². The summed E-state index contributed by atoms with van der Waals surface area (Å²) < 4.78 is 0. The van der Waals surface area contributed by atoms with E-state index in [1.165, 1.54) is 43.8 Å². The molecule has 146 valence electrons. The van der Waals surface area contributed by atoms with Gasteiger partial charge in [-0.25, -0.2) is 0 Å². The molecule has 0 unspecified atom stereocenters. The van der Waals surface area contributed by atoms with Crippen molar-refractivity contribution in [2.24, 2.45) is 0 Å². The molecule has 0 nitrogen and oxygen atoms in total. The van der Waals surface area contributed by atoms with Gasteiger partial charge < -0.3 is 0 Å². The van der Waals surface area contributed by atoms with Crippen LogP contribution in [0.1, 0.15) is 22.3 Å². The van der Waals surface area contributed by atoms with Crippen molar-refractivity contribution in [2.75, 3.05) is 0 Å². The van der Waals surface area contributed by atoms with E-state index in [0.717, 1.165) is 9.52 Å². The van der Waals surface area contributed by atoms with Gasteiger partial charge in [0.15, 0.2) is 0 Å². The zero-order valence-corrected chi connectivity index (χ0v) is 22.5. The number of benzene rings is 2. The molecule has 0 atom stereocenters. The third-order valence-corrected chi connectivity index (χ3v) is 4.50. The SMILES string of the molecule is C[Si]C.Cc1cc2cc[cH-]c2cc1C.Cc1cc2cc[cH-]c2cc1C.[Cl][Zr+2][Cl]. The molecule has 0 spiro atoms. The first-order valence-corrected chi connectivity index (χ1v) is 17.5. The second-order valence-corrected chi connectivity index (χ2v) is 11.5. The molecule has 0 heterocycles. The van der Waals surface area contributed by atoms with E-state index in [0.29, 0.717) is 0 Å². The van der Waals surface area contributed by atoms with Gasteiger partial charge in [-0.1, -0.05) is 35.3 Å². The second kappa shape index (κ2) is 13.5. The molecule has 4 rings (SSSR count). The monoisotopic (exact) mass is 504 g/mol. The molecule has 0 aromatic heterocycles. The molecule has 4 aromatic rings. The van der Waals surface area contributed by atoms with Gasteiger partial charge in [-0.3, -0.25) is 0 Å². The Labute approximate surface area is 191 Å². The summed E-state index contributed by atoms with van der Waals surface area (Å²) in [6.07, 6.45) is 0. The Morgan fingerprint density at radius 3 is 1.29 bits per heavy atom. The summed E-state index contributed by atoms with van der Waals surface area (Å²) in [5, 5.41) is 5.42. The van der Waals surface area contributed by atoms with E-state index >= 15 is 0 Å². The summed E-state index contributed by atoms with van der Waals surface area (Å²) in [5.74, 6) is 0. The molecule has 0 saturated carbocycles. The number of aryl methyl sites for hydroxylation is 4. The van der Waals surface area contributed by atoms with Crippen LogP contribution >= 0.6 is 17.0 Å². The Bertz CT molecular complexity index is 817. The van der Waals surface area contributed by atoms with Crippen LogP contribution in [0, 0.1) is 27.7 Å². The minimum absolute atomic E-state index is 0.826. The van der Waals surface area contributed by atoms with E-state index in [4.69, 9.17) is 17.0 Å². The molecule has 28 heavy (non-hydrogen) atoms. The van der Waals surface area contributed by atoms with Crippen molar-refractivity contribution in [2.45, 2.75) is 40.8 Å². The maximum atomic E-state index is 4.93. The van der Waals surface area contributed by atoms with E-state index in [1.54, 1.807) is 0 Å². The molecular weight excluding hydrogens is 478 g/mol. The quantitative estimate of drug-likeness (QED) is 0.166. The zero-order chi connectivity index (χ0) is 21.1. The molecule has 0 bridgehead atoms. The number of hydrogen-bond donors (Lipinski definition) is 0. The first-order valence-electron chi connectivity index (χ1n) is 9.18. The van der Waals surface area contributed by atoms with Gasteiger partial charge in [-0.2, -0.15) is 24.3 Å². The predicted octanol–water partition coefficient (Wildman–Crippen LogP) is 8.51. The minimum atomic E-state index is -0.826. The van der Waals surface area contributed by atoms with E-state index in [2.05, 4.69) is 101 Å². The summed E-state index contributed by atoms with van der Waals surface area (Å²) in [6, 6.07) is 21.8. The van der Waals surface area contributed by atoms with E-state index in [1.807, 2.05) is 0 Å².